The van der Waals surface area contributed by atoms with Gasteiger partial charge in [0.2, 0.25) is 5.91 Å². The molecule has 1 saturated heterocycles. The summed E-state index contributed by atoms with van der Waals surface area (Å²) in [7, 11) is 0. The molecule has 2 aromatic carbocycles. The van der Waals surface area contributed by atoms with E-state index in [1.165, 1.54) is 6.07 Å². The van der Waals surface area contributed by atoms with Crippen LogP contribution in [0.15, 0.2) is 35.1 Å². The molecule has 32 heavy (non-hydrogen) atoms. The second-order valence-corrected chi connectivity index (χ2v) is 8.64. The van der Waals surface area contributed by atoms with E-state index >= 15 is 0 Å². The fourth-order valence-corrected chi connectivity index (χ4v) is 5.11. The van der Waals surface area contributed by atoms with Crippen LogP contribution in [0.25, 0.3) is 21.7 Å². The molecule has 0 radical (unpaired) electrons. The molecule has 1 aliphatic heterocycles. The lowest BCUT2D eigenvalue weighted by atomic mass is 9.97. The van der Waals surface area contributed by atoms with E-state index in [0.29, 0.717) is 33.7 Å². The summed E-state index contributed by atoms with van der Waals surface area (Å²) < 4.78 is 14.3. The van der Waals surface area contributed by atoms with Crippen LogP contribution in [-0.4, -0.2) is 29.0 Å². The first-order valence-electron chi connectivity index (χ1n) is 10.6. The summed E-state index contributed by atoms with van der Waals surface area (Å²) in [5.74, 6) is -0.498. The monoisotopic (exact) mass is 429 g/mol. The van der Waals surface area contributed by atoms with Gasteiger partial charge in [-0.2, -0.15) is 10.5 Å². The number of carbonyl (C=O) groups excluding carboxylic acids is 1. The molecule has 1 aromatic heterocycles. The van der Waals surface area contributed by atoms with Crippen LogP contribution in [0.2, 0.25) is 0 Å². The van der Waals surface area contributed by atoms with E-state index in [1.54, 1.807) is 18.2 Å². The van der Waals surface area contributed by atoms with Gasteiger partial charge in [0.1, 0.15) is 11.9 Å². The van der Waals surface area contributed by atoms with Crippen LogP contribution in [-0.2, 0) is 11.2 Å². The number of nitriles is 2. The molecule has 160 valence electrons. The Morgan fingerprint density at radius 3 is 2.72 bits per heavy atom. The molecule has 1 saturated carbocycles. The number of aromatic amines is 1. The Hall–Kier alpha value is -3.75. The summed E-state index contributed by atoms with van der Waals surface area (Å²) in [5.41, 5.74) is 0.456. The van der Waals surface area contributed by atoms with E-state index in [4.69, 9.17) is 5.26 Å². The van der Waals surface area contributed by atoms with Crippen molar-refractivity contribution in [3.05, 3.63) is 57.6 Å². The van der Waals surface area contributed by atoms with Crippen molar-refractivity contribution in [3.63, 3.8) is 0 Å². The maximum atomic E-state index is 14.3. The van der Waals surface area contributed by atoms with E-state index in [9.17, 15) is 19.2 Å². The van der Waals surface area contributed by atoms with Crippen molar-refractivity contribution in [2.45, 2.75) is 43.8 Å². The van der Waals surface area contributed by atoms with Crippen molar-refractivity contribution in [2.24, 2.45) is 5.92 Å². The first kappa shape index (κ1) is 20.2. The van der Waals surface area contributed by atoms with Crippen molar-refractivity contribution in [1.82, 2.24) is 15.6 Å². The van der Waals surface area contributed by atoms with Crippen LogP contribution >= 0.6 is 0 Å². The first-order valence-corrected chi connectivity index (χ1v) is 10.6. The van der Waals surface area contributed by atoms with Crippen LogP contribution < -0.4 is 16.2 Å². The Morgan fingerprint density at radius 1 is 1.19 bits per heavy atom. The number of amides is 1. The normalized spacial score (nSPS) is 22.5. The quantitative estimate of drug-likeness (QED) is 0.550. The van der Waals surface area contributed by atoms with E-state index < -0.39 is 17.4 Å². The highest BCUT2D eigenvalue weighted by Gasteiger charge is 2.43. The highest BCUT2D eigenvalue weighted by atomic mass is 19.1. The van der Waals surface area contributed by atoms with Crippen LogP contribution in [0.3, 0.4) is 0 Å². The van der Waals surface area contributed by atoms with Crippen molar-refractivity contribution >= 4 is 27.6 Å². The van der Waals surface area contributed by atoms with Gasteiger partial charge in [-0.3, -0.25) is 9.59 Å². The Balaban J connectivity index is 1.43. The molecule has 2 bridgehead atoms. The van der Waals surface area contributed by atoms with Crippen molar-refractivity contribution in [1.29, 1.82) is 10.5 Å². The number of pyridine rings is 1. The molecule has 7 nitrogen and oxygen atoms in total. The zero-order chi connectivity index (χ0) is 22.4. The van der Waals surface area contributed by atoms with E-state index in [0.717, 1.165) is 25.3 Å². The summed E-state index contributed by atoms with van der Waals surface area (Å²) in [6.07, 6.45) is 3.37. The van der Waals surface area contributed by atoms with Crippen molar-refractivity contribution in [3.8, 4) is 12.1 Å². The third-order valence-corrected chi connectivity index (χ3v) is 6.63. The molecule has 5 rings (SSSR count). The maximum absolute atomic E-state index is 14.3. The number of benzene rings is 2. The zero-order valence-electron chi connectivity index (χ0n) is 17.1. The Kier molecular flexibility index (Phi) is 4.88. The number of piperidine rings is 1. The summed E-state index contributed by atoms with van der Waals surface area (Å²) >= 11 is 0. The molecule has 3 aromatic rings. The van der Waals surface area contributed by atoms with Crippen LogP contribution in [0.5, 0.6) is 0 Å². The summed E-state index contributed by atoms with van der Waals surface area (Å²) in [6.45, 7) is 0. The minimum atomic E-state index is -0.733. The zero-order valence-corrected chi connectivity index (χ0v) is 17.1. The number of nitrogens with zero attached hydrogens (tertiary/aromatic N) is 2. The van der Waals surface area contributed by atoms with Gasteiger partial charge >= 0.3 is 0 Å². The number of rotatable bonds is 4. The van der Waals surface area contributed by atoms with Gasteiger partial charge in [-0.15, -0.1) is 0 Å². The molecule has 2 aliphatic rings. The number of hydrogen-bond acceptors (Lipinski definition) is 5. The standard InChI is InChI=1S/C24H20FN5O2/c25-20-8-13(10-26)7-18-17-4-1-12(6-19(17)23(31)30-22(18)20)5-16(11-27)29-24(32)21-14-2-3-15(9-14)28-21/h1,4,6-8,14-16,21,28H,2-3,5,9H2,(H,29,32)(H,30,31)/t14-,15+,16?,21-/m0/s1. The largest absolute Gasteiger partial charge is 0.339 e. The van der Waals surface area contributed by atoms with E-state index in [2.05, 4.69) is 21.7 Å². The fraction of sp³-hybridized carbons (Fsp3) is 0.333. The predicted octanol–water partition coefficient (Wildman–Crippen LogP) is 2.38. The Labute approximate surface area is 182 Å². The first-order chi connectivity index (χ1) is 15.5. The number of hydrogen-bond donors (Lipinski definition) is 3. The summed E-state index contributed by atoms with van der Waals surface area (Å²) in [6, 6.07) is 11.2. The predicted molar refractivity (Wildman–Crippen MR) is 116 cm³/mol. The second-order valence-electron chi connectivity index (χ2n) is 8.64. The number of halogens is 1. The fourth-order valence-electron chi connectivity index (χ4n) is 5.11. The smallest absolute Gasteiger partial charge is 0.256 e. The molecule has 0 spiro atoms. The van der Waals surface area contributed by atoms with Gasteiger partial charge in [0.15, 0.2) is 0 Å². The van der Waals surface area contributed by atoms with Gasteiger partial charge < -0.3 is 15.6 Å². The molecule has 4 atom stereocenters. The lowest BCUT2D eigenvalue weighted by molar-refractivity contribution is -0.124. The highest BCUT2D eigenvalue weighted by molar-refractivity contribution is 6.06. The van der Waals surface area contributed by atoms with Gasteiger partial charge in [0.25, 0.3) is 5.56 Å². The van der Waals surface area contributed by atoms with E-state index in [1.807, 2.05) is 6.07 Å². The van der Waals surface area contributed by atoms with Crippen LogP contribution in [0.4, 0.5) is 4.39 Å². The van der Waals surface area contributed by atoms with E-state index in [-0.39, 0.29) is 29.4 Å². The number of H-pyrrole nitrogens is 1. The highest BCUT2D eigenvalue weighted by Crippen LogP contribution is 2.35. The number of aromatic nitrogens is 1. The SMILES string of the molecule is N#Cc1cc(F)c2[nH]c(=O)c3cc(CC(C#N)NC(=O)[C@H]4N[C@@H]5CC[C@H]4C5)ccc3c2c1. The third kappa shape index (κ3) is 3.39. The van der Waals surface area contributed by atoms with Gasteiger partial charge in [-0.1, -0.05) is 12.1 Å². The molecular formula is C24H20FN5O2. The molecular weight excluding hydrogens is 409 g/mol. The lowest BCUT2D eigenvalue weighted by Gasteiger charge is -2.23. The molecule has 1 unspecified atom stereocenters. The van der Waals surface area contributed by atoms with Crippen LogP contribution in [0.1, 0.15) is 30.4 Å². The van der Waals surface area contributed by atoms with Gasteiger partial charge in [-0.05, 0) is 54.3 Å². The molecule has 2 fully saturated rings. The lowest BCUT2D eigenvalue weighted by Crippen LogP contribution is -2.50. The molecule has 1 amide bonds. The Morgan fingerprint density at radius 2 is 2.03 bits per heavy atom. The average Bonchev–Trinajstić information content (AvgIpc) is 3.43. The molecule has 3 N–H and O–H groups in total. The second kappa shape index (κ2) is 7.74. The minimum Gasteiger partial charge on any atom is -0.339 e. The Bertz CT molecular complexity index is 1400. The third-order valence-electron chi connectivity index (χ3n) is 6.63. The van der Waals surface area contributed by atoms with Crippen LogP contribution in [0, 0.1) is 34.4 Å². The summed E-state index contributed by atoms with van der Waals surface area (Å²) in [5, 5.41) is 26.2. The maximum Gasteiger partial charge on any atom is 0.256 e. The molecule has 2 heterocycles. The van der Waals surface area contributed by atoms with Gasteiger partial charge in [-0.25, -0.2) is 4.39 Å². The van der Waals surface area contributed by atoms with Crippen molar-refractivity contribution in [2.75, 3.05) is 0 Å². The average molecular weight is 429 g/mol. The minimum absolute atomic E-state index is 0.0507. The number of carbonyl (C=O) groups is 1. The topological polar surface area (TPSA) is 122 Å². The molecule has 8 heteroatoms. The number of fused-ring (bicyclic) bond motifs is 5. The van der Waals surface area contributed by atoms with Crippen molar-refractivity contribution < 1.29 is 9.18 Å². The summed E-state index contributed by atoms with van der Waals surface area (Å²) in [4.78, 5) is 27.8. The molecule has 1 aliphatic carbocycles. The van der Waals surface area contributed by atoms with Gasteiger partial charge in [0.05, 0.1) is 29.3 Å². The van der Waals surface area contributed by atoms with Gasteiger partial charge in [0, 0.05) is 23.2 Å². The number of nitrogens with one attached hydrogen (secondary N) is 3.